The molecule has 0 saturated carbocycles. The minimum absolute atomic E-state index is 0.0195. The monoisotopic (exact) mass is 1650 g/mol. The van der Waals surface area contributed by atoms with Crippen molar-refractivity contribution in [2.24, 2.45) is 10.8 Å². The molecule has 5 saturated heterocycles. The van der Waals surface area contributed by atoms with Gasteiger partial charge in [0.2, 0.25) is 23.6 Å². The maximum atomic E-state index is 14.4. The summed E-state index contributed by atoms with van der Waals surface area (Å²) >= 11 is 9.42. The standard InChI is InChI=1S/C83H105ClF3N11O11S4/c1-55(57-18-20-59(21-19-57)76-56(2)88-54-111-76)89-79(103)72-45-67(99)51-98(72)80(104)77(81(3,4)5)91-74(100)16-12-7-8-13-17-75(101)97-50-65-44-66(97)49-96(65)53-82(6)34-32-70(58-22-26-62(84)27-23-58)61(47-82)48-94-36-38-95(39-37-94)64-28-24-60(25-29-64)78(102)92-113(107,108)69-30-31-71(73(46-69)112(105,106)83(85,86)87)90-63(33-35-93-40-42-109-43-41-93)52-110-68-14-10-9-11-15-68/h9-11,14-15,18-31,46,54-55,63,65-67,72,77,90,99H,7-8,12-13,16-17,32-45,47-53H2,1-6H3,(H,89,103)(H,91,100)(H,92,102)/t55-,63?,65-,66-,67+,72-,77+,82?/m0/s1. The number of fused-ring (bicyclic) bond motifs is 2. The lowest BCUT2D eigenvalue weighted by molar-refractivity contribution is -0.144. The Kier molecular flexibility index (Phi) is 27.7. The number of piperazine rings is 2. The Morgan fingerprint density at radius 2 is 1.47 bits per heavy atom. The Morgan fingerprint density at radius 1 is 0.779 bits per heavy atom. The van der Waals surface area contributed by atoms with E-state index in [2.05, 4.69) is 64.5 Å². The quantitative estimate of drug-likeness (QED) is 0.0200. The van der Waals surface area contributed by atoms with Crippen LogP contribution in [0.1, 0.15) is 145 Å². The van der Waals surface area contributed by atoms with Crippen LogP contribution in [0.5, 0.6) is 0 Å². The van der Waals surface area contributed by atoms with Crippen molar-refractivity contribution < 1.29 is 63.8 Å². The fourth-order valence-corrected chi connectivity index (χ4v) is 20.5. The summed E-state index contributed by atoms with van der Waals surface area (Å²) < 4.78 is 105. The van der Waals surface area contributed by atoms with Crippen molar-refractivity contribution in [1.29, 1.82) is 0 Å². The Hall–Kier alpha value is -7.45. The number of hydrogen-bond acceptors (Lipinski definition) is 19. The number of aliphatic hydroxyl groups excluding tert-OH is 1. The average molecular weight is 1650 g/mol. The zero-order valence-electron chi connectivity index (χ0n) is 65.1. The number of carbonyl (C=O) groups is 5. The number of aryl methyl sites for hydroxylation is 1. The van der Waals surface area contributed by atoms with Crippen LogP contribution in [-0.2, 0) is 43.8 Å². The third-order valence-electron chi connectivity index (χ3n) is 22.9. The van der Waals surface area contributed by atoms with Crippen LogP contribution in [0, 0.1) is 17.8 Å². The van der Waals surface area contributed by atoms with Gasteiger partial charge in [-0.25, -0.2) is 26.5 Å². The minimum atomic E-state index is -6.11. The fourth-order valence-electron chi connectivity index (χ4n) is 16.6. The van der Waals surface area contributed by atoms with Crippen molar-refractivity contribution in [3.8, 4) is 10.4 Å². The maximum absolute atomic E-state index is 14.4. The van der Waals surface area contributed by atoms with Gasteiger partial charge in [0, 0.05) is 143 Å². The Balaban J connectivity index is 0.589. The number of anilines is 2. The number of benzene rings is 5. The van der Waals surface area contributed by atoms with E-state index in [4.69, 9.17) is 16.3 Å². The molecule has 0 radical (unpaired) electrons. The highest BCUT2D eigenvalue weighted by molar-refractivity contribution is 7.99. The average Bonchev–Trinajstić information content (AvgIpc) is 1.69. The van der Waals surface area contributed by atoms with Gasteiger partial charge in [-0.05, 0) is 159 Å². The second kappa shape index (κ2) is 36.8. The van der Waals surface area contributed by atoms with Gasteiger partial charge >= 0.3 is 5.51 Å². The largest absolute Gasteiger partial charge is 0.501 e. The van der Waals surface area contributed by atoms with E-state index in [-0.39, 0.29) is 66.2 Å². The van der Waals surface area contributed by atoms with E-state index in [1.165, 1.54) is 39.9 Å². The number of carbonyl (C=O) groups excluding carboxylic acids is 5. The number of halogens is 4. The number of sulfone groups is 1. The van der Waals surface area contributed by atoms with Crippen LogP contribution in [0.2, 0.25) is 5.02 Å². The first-order chi connectivity index (χ1) is 53.8. The van der Waals surface area contributed by atoms with E-state index in [1.54, 1.807) is 23.5 Å². The third kappa shape index (κ3) is 21.4. The Bertz CT molecular complexity index is 4600. The number of β-amino-alcohol motifs (C(OH)–C–C–N with tert-alkyl or cyclic N) is 1. The molecule has 8 atom stereocenters. The molecular weight excluding hydrogens is 1550 g/mol. The van der Waals surface area contributed by atoms with Gasteiger partial charge in [-0.15, -0.1) is 23.1 Å². The third-order valence-corrected chi connectivity index (χ3v) is 28.2. The number of hydrogen-bond donors (Lipinski definition) is 5. The highest BCUT2D eigenvalue weighted by atomic mass is 35.5. The van der Waals surface area contributed by atoms with Crippen molar-refractivity contribution in [3.05, 3.63) is 160 Å². The number of nitrogens with zero attached hydrogens (tertiary/aromatic N) is 7. The van der Waals surface area contributed by atoms with Crippen molar-refractivity contribution in [3.63, 3.8) is 0 Å². The van der Waals surface area contributed by atoms with E-state index >= 15 is 0 Å². The number of aliphatic hydroxyl groups is 1. The van der Waals surface area contributed by atoms with Gasteiger partial charge in [0.15, 0.2) is 0 Å². The number of ether oxygens (including phenoxy) is 1. The first-order valence-corrected chi connectivity index (χ1v) is 44.4. The molecule has 1 aliphatic carbocycles. The van der Waals surface area contributed by atoms with Gasteiger partial charge < -0.3 is 40.5 Å². The summed E-state index contributed by atoms with van der Waals surface area (Å²) in [5, 5.41) is 20.5. The van der Waals surface area contributed by atoms with E-state index in [0.29, 0.717) is 95.0 Å². The molecule has 6 heterocycles. The van der Waals surface area contributed by atoms with Gasteiger partial charge in [-0.2, -0.15) is 13.2 Å². The number of amides is 5. The summed E-state index contributed by atoms with van der Waals surface area (Å²) in [6, 6.07) is 31.8. The predicted octanol–water partition coefficient (Wildman–Crippen LogP) is 12.2. The summed E-state index contributed by atoms with van der Waals surface area (Å²) in [7, 11) is -11.0. The van der Waals surface area contributed by atoms with E-state index in [1.807, 2.05) is 112 Å². The van der Waals surface area contributed by atoms with Crippen molar-refractivity contribution in [1.82, 2.24) is 44.8 Å². The Labute approximate surface area is 675 Å². The van der Waals surface area contributed by atoms with E-state index in [0.717, 1.165) is 121 Å². The molecule has 610 valence electrons. The normalized spacial score (nSPS) is 21.6. The maximum Gasteiger partial charge on any atom is 0.501 e. The second-order valence-corrected chi connectivity index (χ2v) is 38.4. The lowest BCUT2D eigenvalue weighted by Crippen LogP contribution is -2.57. The molecule has 30 heteroatoms. The highest BCUT2D eigenvalue weighted by Crippen LogP contribution is 2.46. The van der Waals surface area contributed by atoms with Crippen LogP contribution in [-0.4, -0.2) is 220 Å². The first-order valence-electron chi connectivity index (χ1n) is 39.2. The minimum Gasteiger partial charge on any atom is -0.391 e. The molecule has 1 aromatic heterocycles. The number of allylic oxidation sites excluding steroid dienone is 1. The number of thioether (sulfide) groups is 1. The molecule has 12 rings (SSSR count). The number of morpholine rings is 1. The van der Waals surface area contributed by atoms with Crippen LogP contribution in [0.15, 0.2) is 147 Å². The Morgan fingerprint density at radius 3 is 2.12 bits per heavy atom. The fraction of sp³-hybridized carbons (Fsp3) is 0.518. The van der Waals surface area contributed by atoms with Gasteiger partial charge in [0.1, 0.15) is 17.0 Å². The lowest BCUT2D eigenvalue weighted by Gasteiger charge is -2.44. The first kappa shape index (κ1) is 84.9. The molecule has 0 spiro atoms. The smallest absolute Gasteiger partial charge is 0.391 e. The molecule has 2 unspecified atom stereocenters. The number of alkyl halides is 3. The lowest BCUT2D eigenvalue weighted by atomic mass is 9.71. The molecule has 2 bridgehead atoms. The van der Waals surface area contributed by atoms with Crippen LogP contribution in [0.3, 0.4) is 0 Å². The summed E-state index contributed by atoms with van der Waals surface area (Å²) in [5.74, 6) is -1.59. The predicted molar refractivity (Wildman–Crippen MR) is 436 cm³/mol. The van der Waals surface area contributed by atoms with Gasteiger partial charge in [0.05, 0.1) is 52.0 Å². The molecule has 113 heavy (non-hydrogen) atoms. The van der Waals surface area contributed by atoms with E-state index in [9.17, 15) is 59.1 Å². The van der Waals surface area contributed by atoms with Crippen molar-refractivity contribution in [2.45, 2.75) is 181 Å². The van der Waals surface area contributed by atoms with Crippen LogP contribution >= 0.6 is 34.7 Å². The van der Waals surface area contributed by atoms with Crippen LogP contribution in [0.4, 0.5) is 24.5 Å². The van der Waals surface area contributed by atoms with Crippen LogP contribution < -0.4 is 25.6 Å². The molecular formula is C83H105ClF3N11O11S4. The second-order valence-electron chi connectivity index (χ2n) is 32.5. The number of aromatic nitrogens is 1. The zero-order valence-corrected chi connectivity index (χ0v) is 69.1. The highest BCUT2D eigenvalue weighted by Gasteiger charge is 2.50. The molecule has 5 amide bonds. The SMILES string of the molecule is Cc1ncsc1-c1ccc([C@H](C)NC(=O)[C@@H]2C[C@@H](O)CN2C(=O)[C@@H](NC(=O)CCCCCCC(=O)N2C[C@@H]3C[C@H]2CN3CC2(C)CCC(c3ccc(Cl)cc3)=C(CN3CCN(c4ccc(C(=O)NS(=O)(=O)c5ccc(NC(CCN6CCOCC6)CSc6ccccc6)c(S(=O)(=O)C(F)(F)F)c5)cc4)CC3)C2)C(C)(C)C)cc1. The van der Waals surface area contributed by atoms with Crippen molar-refractivity contribution >= 4 is 101 Å². The molecule has 5 aliphatic heterocycles. The molecule has 6 aliphatic rings. The van der Waals surface area contributed by atoms with Gasteiger partial charge in [-0.3, -0.25) is 38.7 Å². The van der Waals surface area contributed by atoms with Gasteiger partial charge in [0.25, 0.3) is 25.8 Å². The number of likely N-dealkylation sites (tertiary alicyclic amines) is 3. The number of unbranched alkanes of at least 4 members (excludes halogenated alkanes) is 3. The van der Waals surface area contributed by atoms with Gasteiger partial charge in [-0.1, -0.05) is 112 Å². The topological polar surface area (TPSA) is 264 Å². The molecule has 5 fully saturated rings. The summed E-state index contributed by atoms with van der Waals surface area (Å²) in [6.07, 6.45) is 6.80. The van der Waals surface area contributed by atoms with Crippen molar-refractivity contribution in [2.75, 3.05) is 108 Å². The zero-order chi connectivity index (χ0) is 80.6. The number of sulfonamides is 1. The van der Waals surface area contributed by atoms with E-state index < -0.39 is 82.3 Å². The summed E-state index contributed by atoms with van der Waals surface area (Å²) in [4.78, 5) is 86.4. The number of thiazole rings is 1. The molecule has 6 aromatic rings. The van der Waals surface area contributed by atoms with Crippen LogP contribution in [0.25, 0.3) is 16.0 Å². The summed E-state index contributed by atoms with van der Waals surface area (Å²) in [6.45, 7) is 20.8. The summed E-state index contributed by atoms with van der Waals surface area (Å²) in [5.41, 5.74) is 2.42. The molecule has 22 nitrogen and oxygen atoms in total. The molecule has 5 N–H and O–H groups in total. The number of rotatable bonds is 31. The number of nitrogens with one attached hydrogen (secondary N) is 4. The molecule has 5 aromatic carbocycles.